The van der Waals surface area contributed by atoms with Crippen LogP contribution < -0.4 is 5.56 Å². The van der Waals surface area contributed by atoms with E-state index in [1.807, 2.05) is 0 Å². The fourth-order valence-electron chi connectivity index (χ4n) is 1.72. The predicted molar refractivity (Wildman–Crippen MR) is 79.0 cm³/mol. The Morgan fingerprint density at radius 3 is 2.65 bits per heavy atom. The van der Waals surface area contributed by atoms with Crippen LogP contribution in [0.5, 0.6) is 0 Å². The summed E-state index contributed by atoms with van der Waals surface area (Å²) < 4.78 is 0.977. The van der Waals surface area contributed by atoms with E-state index in [-0.39, 0.29) is 22.4 Å². The van der Waals surface area contributed by atoms with Crippen molar-refractivity contribution < 1.29 is 4.79 Å². The number of benzene rings is 1. The van der Waals surface area contributed by atoms with E-state index < -0.39 is 5.56 Å². The molecule has 20 heavy (non-hydrogen) atoms. The van der Waals surface area contributed by atoms with Gasteiger partial charge in [0, 0.05) is 10.6 Å². The first kappa shape index (κ1) is 15.0. The molecule has 0 amide bonds. The molecule has 0 atom stereocenters. The third kappa shape index (κ3) is 3.03. The summed E-state index contributed by atoms with van der Waals surface area (Å²) in [5.74, 6) is -0.257. The highest BCUT2D eigenvalue weighted by Crippen LogP contribution is 2.17. The molecule has 0 aliphatic carbocycles. The van der Waals surface area contributed by atoms with Gasteiger partial charge in [0.1, 0.15) is 11.6 Å². The minimum atomic E-state index is -0.598. The Morgan fingerprint density at radius 1 is 1.30 bits per heavy atom. The standard InChI is InChI=1S/C13H9Cl3N2O2/c1-7-4-8(14)2-3-9(7)11(19)6-18-13(20)12(16)10(15)5-17-18/h2-5H,6H2,1H3. The van der Waals surface area contributed by atoms with Gasteiger partial charge in [-0.2, -0.15) is 5.10 Å². The summed E-state index contributed by atoms with van der Waals surface area (Å²) in [5.41, 5.74) is 0.615. The van der Waals surface area contributed by atoms with E-state index in [9.17, 15) is 9.59 Å². The average Bonchev–Trinajstić information content (AvgIpc) is 2.39. The summed E-state index contributed by atoms with van der Waals surface area (Å²) in [7, 11) is 0. The molecule has 2 rings (SSSR count). The largest absolute Gasteiger partial charge is 0.292 e. The Labute approximate surface area is 129 Å². The summed E-state index contributed by atoms with van der Waals surface area (Å²) >= 11 is 17.2. The summed E-state index contributed by atoms with van der Waals surface area (Å²) in [4.78, 5) is 24.0. The van der Waals surface area contributed by atoms with Gasteiger partial charge >= 0.3 is 0 Å². The zero-order valence-electron chi connectivity index (χ0n) is 10.4. The third-order valence-electron chi connectivity index (χ3n) is 2.72. The zero-order chi connectivity index (χ0) is 14.9. The highest BCUT2D eigenvalue weighted by molar-refractivity contribution is 6.41. The molecule has 0 radical (unpaired) electrons. The van der Waals surface area contributed by atoms with E-state index in [1.54, 1.807) is 25.1 Å². The Hall–Kier alpha value is -1.36. The normalized spacial score (nSPS) is 10.6. The van der Waals surface area contributed by atoms with Gasteiger partial charge in [-0.3, -0.25) is 9.59 Å². The topological polar surface area (TPSA) is 52.0 Å². The second-order valence-electron chi connectivity index (χ2n) is 4.15. The number of aryl methyl sites for hydroxylation is 1. The number of carbonyl (C=O) groups is 1. The molecule has 1 aromatic carbocycles. The van der Waals surface area contributed by atoms with Crippen LogP contribution in [0.2, 0.25) is 15.1 Å². The maximum atomic E-state index is 12.2. The van der Waals surface area contributed by atoms with Crippen LogP contribution in [0.4, 0.5) is 0 Å². The Kier molecular flexibility index (Phi) is 4.48. The Morgan fingerprint density at radius 2 is 2.00 bits per heavy atom. The summed E-state index contributed by atoms with van der Waals surface area (Å²) in [6, 6.07) is 4.91. The van der Waals surface area contributed by atoms with Crippen LogP contribution in [0.1, 0.15) is 15.9 Å². The van der Waals surface area contributed by atoms with Crippen molar-refractivity contribution in [3.8, 4) is 0 Å². The number of ketones is 1. The summed E-state index contributed by atoms with van der Waals surface area (Å²) in [6.07, 6.45) is 1.23. The molecule has 0 spiro atoms. The Balaban J connectivity index is 2.33. The van der Waals surface area contributed by atoms with Crippen molar-refractivity contribution in [2.75, 3.05) is 0 Å². The molecule has 2 aromatic rings. The average molecular weight is 332 g/mol. The molecule has 0 saturated carbocycles. The molecule has 1 aromatic heterocycles. The maximum absolute atomic E-state index is 12.2. The molecule has 1 heterocycles. The van der Waals surface area contributed by atoms with Gasteiger partial charge in [0.15, 0.2) is 5.78 Å². The first-order valence-electron chi connectivity index (χ1n) is 5.60. The van der Waals surface area contributed by atoms with Gasteiger partial charge in [-0.25, -0.2) is 4.68 Å². The van der Waals surface area contributed by atoms with Crippen molar-refractivity contribution in [2.45, 2.75) is 13.5 Å². The van der Waals surface area contributed by atoms with Gasteiger partial charge in [-0.1, -0.05) is 34.8 Å². The molecule has 4 nitrogen and oxygen atoms in total. The first-order chi connectivity index (χ1) is 9.40. The van der Waals surface area contributed by atoms with Crippen LogP contribution >= 0.6 is 34.8 Å². The monoisotopic (exact) mass is 330 g/mol. The number of aromatic nitrogens is 2. The lowest BCUT2D eigenvalue weighted by Crippen LogP contribution is -2.27. The number of rotatable bonds is 3. The Bertz CT molecular complexity index is 741. The molecular weight excluding hydrogens is 323 g/mol. The maximum Gasteiger partial charge on any atom is 0.287 e. The summed E-state index contributed by atoms with van der Waals surface area (Å²) in [5, 5.41) is 4.25. The lowest BCUT2D eigenvalue weighted by Gasteiger charge is -2.07. The van der Waals surface area contributed by atoms with Crippen molar-refractivity contribution in [2.24, 2.45) is 0 Å². The molecule has 0 saturated heterocycles. The van der Waals surface area contributed by atoms with Crippen LogP contribution in [-0.4, -0.2) is 15.6 Å². The minimum Gasteiger partial charge on any atom is -0.292 e. The van der Waals surface area contributed by atoms with Crippen LogP contribution in [0, 0.1) is 6.92 Å². The van der Waals surface area contributed by atoms with Gasteiger partial charge in [-0.15, -0.1) is 0 Å². The SMILES string of the molecule is Cc1cc(Cl)ccc1C(=O)Cn1ncc(Cl)c(Cl)c1=O. The molecular formula is C13H9Cl3N2O2. The quantitative estimate of drug-likeness (QED) is 0.810. The smallest absolute Gasteiger partial charge is 0.287 e. The van der Waals surface area contributed by atoms with E-state index in [0.29, 0.717) is 10.6 Å². The zero-order valence-corrected chi connectivity index (χ0v) is 12.6. The minimum absolute atomic E-state index is 0.0584. The first-order valence-corrected chi connectivity index (χ1v) is 6.74. The number of hydrogen-bond donors (Lipinski definition) is 0. The molecule has 7 heteroatoms. The van der Waals surface area contributed by atoms with E-state index >= 15 is 0 Å². The molecule has 0 fully saturated rings. The molecule has 0 aliphatic rings. The van der Waals surface area contributed by atoms with Crippen molar-refractivity contribution in [1.29, 1.82) is 0 Å². The fraction of sp³-hybridized carbons (Fsp3) is 0.154. The van der Waals surface area contributed by atoms with Gasteiger partial charge in [-0.05, 0) is 30.7 Å². The number of carbonyl (C=O) groups excluding carboxylic acids is 1. The lowest BCUT2D eigenvalue weighted by atomic mass is 10.1. The van der Waals surface area contributed by atoms with Crippen molar-refractivity contribution in [1.82, 2.24) is 9.78 Å². The number of nitrogens with zero attached hydrogens (tertiary/aromatic N) is 2. The van der Waals surface area contributed by atoms with Gasteiger partial charge < -0.3 is 0 Å². The van der Waals surface area contributed by atoms with Crippen LogP contribution in [-0.2, 0) is 6.54 Å². The van der Waals surface area contributed by atoms with Crippen LogP contribution in [0.25, 0.3) is 0 Å². The van der Waals surface area contributed by atoms with Crippen molar-refractivity contribution >= 4 is 40.6 Å². The van der Waals surface area contributed by atoms with Gasteiger partial charge in [0.25, 0.3) is 5.56 Å². The predicted octanol–water partition coefficient (Wildman–Crippen LogP) is 3.39. The lowest BCUT2D eigenvalue weighted by molar-refractivity contribution is 0.0965. The van der Waals surface area contributed by atoms with Crippen LogP contribution in [0.15, 0.2) is 29.2 Å². The second kappa shape index (κ2) is 5.95. The number of halogens is 3. The second-order valence-corrected chi connectivity index (χ2v) is 5.37. The highest BCUT2D eigenvalue weighted by Gasteiger charge is 2.14. The van der Waals surface area contributed by atoms with Crippen LogP contribution in [0.3, 0.4) is 0 Å². The number of hydrogen-bond acceptors (Lipinski definition) is 3. The molecule has 0 bridgehead atoms. The van der Waals surface area contributed by atoms with Crippen molar-refractivity contribution in [3.05, 3.63) is 60.9 Å². The molecule has 104 valence electrons. The van der Waals surface area contributed by atoms with E-state index in [4.69, 9.17) is 34.8 Å². The van der Waals surface area contributed by atoms with E-state index in [1.165, 1.54) is 6.20 Å². The van der Waals surface area contributed by atoms with Gasteiger partial charge in [0.2, 0.25) is 0 Å². The van der Waals surface area contributed by atoms with E-state index in [2.05, 4.69) is 5.10 Å². The molecule has 0 aliphatic heterocycles. The van der Waals surface area contributed by atoms with Crippen molar-refractivity contribution in [3.63, 3.8) is 0 Å². The third-order valence-corrected chi connectivity index (χ3v) is 3.71. The molecule has 0 N–H and O–H groups in total. The number of Topliss-reactive ketones (excluding diaryl/α,β-unsaturated/α-hetero) is 1. The highest BCUT2D eigenvalue weighted by atomic mass is 35.5. The van der Waals surface area contributed by atoms with Gasteiger partial charge in [0.05, 0.1) is 11.2 Å². The fourth-order valence-corrected chi connectivity index (χ4v) is 2.22. The summed E-state index contributed by atoms with van der Waals surface area (Å²) in [6.45, 7) is 1.56. The molecule has 0 unspecified atom stereocenters. The van der Waals surface area contributed by atoms with E-state index in [0.717, 1.165) is 10.2 Å².